The van der Waals surface area contributed by atoms with E-state index in [0.717, 1.165) is 21.9 Å². The van der Waals surface area contributed by atoms with Crippen LogP contribution in [0.4, 0.5) is 5.69 Å². The largest absolute Gasteiger partial charge is 0.508 e. The van der Waals surface area contributed by atoms with Gasteiger partial charge in [-0.2, -0.15) is 0 Å². The maximum atomic E-state index is 13.8. The average Bonchev–Trinajstić information content (AvgIpc) is 3.63. The van der Waals surface area contributed by atoms with Crippen LogP contribution < -0.4 is 10.2 Å². The number of thioether (sulfide) groups is 1. The summed E-state index contributed by atoms with van der Waals surface area (Å²) in [7, 11) is 0. The first-order valence-electron chi connectivity index (χ1n) is 12.7. The van der Waals surface area contributed by atoms with Gasteiger partial charge >= 0.3 is 4.87 Å². The molecule has 2 saturated carbocycles. The number of thiazole rings is 1. The summed E-state index contributed by atoms with van der Waals surface area (Å²) in [5.74, 6) is -1.72. The van der Waals surface area contributed by atoms with E-state index in [4.69, 9.17) is 0 Å². The zero-order valence-electron chi connectivity index (χ0n) is 20.4. The van der Waals surface area contributed by atoms with Crippen LogP contribution in [-0.2, 0) is 14.4 Å². The molecule has 1 saturated heterocycles. The van der Waals surface area contributed by atoms with Gasteiger partial charge in [-0.1, -0.05) is 41.7 Å². The Morgan fingerprint density at radius 1 is 1.03 bits per heavy atom. The van der Waals surface area contributed by atoms with Crippen molar-refractivity contribution in [2.45, 2.75) is 35.6 Å². The predicted octanol–water partition coefficient (Wildman–Crippen LogP) is 3.64. The lowest BCUT2D eigenvalue weighted by molar-refractivity contribution is -0.146. The van der Waals surface area contributed by atoms with Crippen molar-refractivity contribution in [1.29, 1.82) is 0 Å². The Balaban J connectivity index is 1.22. The van der Waals surface area contributed by atoms with Crippen molar-refractivity contribution in [2.24, 2.45) is 29.6 Å². The highest BCUT2D eigenvalue weighted by Gasteiger charge is 2.70. The van der Waals surface area contributed by atoms with Gasteiger partial charge in [0.1, 0.15) is 11.8 Å². The number of rotatable bonds is 4. The third-order valence-electron chi connectivity index (χ3n) is 8.82. The van der Waals surface area contributed by atoms with Crippen LogP contribution in [0.2, 0.25) is 0 Å². The Labute approximate surface area is 226 Å². The first kappa shape index (κ1) is 23.7. The van der Waals surface area contributed by atoms with Crippen molar-refractivity contribution in [3.8, 4) is 5.75 Å². The smallest absolute Gasteiger partial charge is 0.305 e. The van der Waals surface area contributed by atoms with Gasteiger partial charge in [0.15, 0.2) is 0 Å². The zero-order valence-corrected chi connectivity index (χ0v) is 22.0. The van der Waals surface area contributed by atoms with Gasteiger partial charge in [0.25, 0.3) is 0 Å². The lowest BCUT2D eigenvalue weighted by Crippen LogP contribution is -2.46. The number of aromatic amines is 1. The van der Waals surface area contributed by atoms with E-state index in [9.17, 15) is 24.3 Å². The second-order valence-corrected chi connectivity index (χ2v) is 12.8. The third-order valence-corrected chi connectivity index (χ3v) is 11.4. The number of fused-ring (bicyclic) bond motifs is 9. The Morgan fingerprint density at radius 2 is 1.71 bits per heavy atom. The average molecular weight is 548 g/mol. The number of hydrogen-bond donors (Lipinski definition) is 3. The molecule has 3 heterocycles. The molecule has 3 fully saturated rings. The molecular formula is C28H25N3O5S2. The van der Waals surface area contributed by atoms with Gasteiger partial charge in [0.05, 0.1) is 16.9 Å². The minimum atomic E-state index is -0.916. The summed E-state index contributed by atoms with van der Waals surface area (Å²) in [6.45, 7) is 1.61. The maximum Gasteiger partial charge on any atom is 0.305 e. The summed E-state index contributed by atoms with van der Waals surface area (Å²) in [5.41, 5.74) is 1.60. The lowest BCUT2D eigenvalue weighted by Gasteiger charge is -2.43. The number of phenols is 1. The van der Waals surface area contributed by atoms with Crippen LogP contribution in [0.1, 0.15) is 29.7 Å². The van der Waals surface area contributed by atoms with E-state index in [-0.39, 0.29) is 51.4 Å². The van der Waals surface area contributed by atoms with Crippen molar-refractivity contribution in [3.63, 3.8) is 0 Å². The number of nitrogens with one attached hydrogen (secondary N) is 2. The number of H-pyrrole nitrogens is 1. The number of imide groups is 1. The van der Waals surface area contributed by atoms with Crippen LogP contribution in [-0.4, -0.2) is 44.0 Å². The molecule has 38 heavy (non-hydrogen) atoms. The summed E-state index contributed by atoms with van der Waals surface area (Å²) in [6.07, 6.45) is 0.779. The summed E-state index contributed by atoms with van der Waals surface area (Å²) >= 11 is 2.83. The van der Waals surface area contributed by atoms with Crippen molar-refractivity contribution in [3.05, 3.63) is 74.7 Å². The Morgan fingerprint density at radius 3 is 2.42 bits per heavy atom. The fourth-order valence-corrected chi connectivity index (χ4v) is 10.3. The molecule has 3 N–H and O–H groups in total. The highest BCUT2D eigenvalue weighted by Crippen LogP contribution is 2.68. The number of likely N-dealkylation sites (tertiary alicyclic amines) is 1. The van der Waals surface area contributed by atoms with E-state index < -0.39 is 23.8 Å². The van der Waals surface area contributed by atoms with Crippen LogP contribution >= 0.6 is 23.1 Å². The van der Waals surface area contributed by atoms with E-state index in [1.165, 1.54) is 16.2 Å². The maximum absolute atomic E-state index is 13.8. The third kappa shape index (κ3) is 3.36. The van der Waals surface area contributed by atoms with E-state index in [1.54, 1.807) is 43.0 Å². The number of phenolic OH excluding ortho intramolecular Hbond substituents is 1. The van der Waals surface area contributed by atoms with Gasteiger partial charge in [0, 0.05) is 21.7 Å². The van der Waals surface area contributed by atoms with Crippen molar-refractivity contribution >= 4 is 46.5 Å². The predicted molar refractivity (Wildman–Crippen MR) is 143 cm³/mol. The van der Waals surface area contributed by atoms with Crippen molar-refractivity contribution < 1.29 is 19.5 Å². The number of nitrogens with zero attached hydrogens (tertiary/aromatic N) is 1. The molecule has 8 atom stereocenters. The van der Waals surface area contributed by atoms with Gasteiger partial charge in [-0.15, -0.1) is 11.8 Å². The molecule has 0 spiro atoms. The SMILES string of the molecule is CC(C(=O)Nc1ccccc1)N1C(=O)C2C3CC(C2C1=O)C1C(c2ccc(O)cc2)c2sc(=O)[nH]c2SC31. The van der Waals surface area contributed by atoms with Crippen molar-refractivity contribution in [2.75, 3.05) is 5.32 Å². The summed E-state index contributed by atoms with van der Waals surface area (Å²) in [4.78, 5) is 58.0. The number of amides is 3. The van der Waals surface area contributed by atoms with E-state index in [2.05, 4.69) is 10.3 Å². The standard InChI is InChI=1S/C28H25N3O5S2/c1-12(24(33)29-14-5-3-2-4-6-14)31-26(34)20-16-11-17(21(20)27(31)35)22-19(16)18(13-7-9-15(32)10-8-13)23-25(37-22)30-28(36)38-23/h2-10,12,16-22,32H,11H2,1H3,(H,29,33)(H,30,36). The summed E-state index contributed by atoms with van der Waals surface area (Å²) < 4.78 is 0. The molecule has 8 unspecified atom stereocenters. The van der Waals surface area contributed by atoms with Gasteiger partial charge < -0.3 is 15.4 Å². The molecule has 4 aliphatic rings. The lowest BCUT2D eigenvalue weighted by atomic mass is 9.68. The van der Waals surface area contributed by atoms with Gasteiger partial charge in [-0.25, -0.2) is 0 Å². The van der Waals surface area contributed by atoms with Gasteiger partial charge in [0.2, 0.25) is 17.7 Å². The fraction of sp³-hybridized carbons (Fsp3) is 0.357. The van der Waals surface area contributed by atoms with E-state index >= 15 is 0 Å². The minimum Gasteiger partial charge on any atom is -0.508 e. The molecule has 2 aliphatic heterocycles. The molecule has 1 aromatic heterocycles. The number of benzene rings is 2. The normalized spacial score (nSPS) is 31.6. The first-order valence-corrected chi connectivity index (χ1v) is 14.4. The quantitative estimate of drug-likeness (QED) is 0.429. The van der Waals surface area contributed by atoms with Crippen LogP contribution in [0.3, 0.4) is 0 Å². The molecule has 0 radical (unpaired) electrons. The number of aromatic nitrogens is 1. The molecule has 10 heteroatoms. The minimum absolute atomic E-state index is 0.0120. The van der Waals surface area contributed by atoms with E-state index in [0.29, 0.717) is 5.69 Å². The van der Waals surface area contributed by atoms with Crippen LogP contribution in [0.5, 0.6) is 5.75 Å². The number of carbonyl (C=O) groups is 3. The Bertz CT molecular complexity index is 1520. The number of anilines is 1. The highest BCUT2D eigenvalue weighted by atomic mass is 32.2. The monoisotopic (exact) mass is 547 g/mol. The molecule has 3 amide bonds. The molecule has 2 aromatic carbocycles. The zero-order chi connectivity index (χ0) is 26.3. The number of hydrogen-bond acceptors (Lipinski definition) is 7. The number of aromatic hydroxyl groups is 1. The highest BCUT2D eigenvalue weighted by molar-refractivity contribution is 8.00. The number of carbonyl (C=O) groups excluding carboxylic acids is 3. The molecule has 2 bridgehead atoms. The molecule has 194 valence electrons. The second-order valence-electron chi connectivity index (χ2n) is 10.6. The summed E-state index contributed by atoms with van der Waals surface area (Å²) in [6, 6.07) is 15.1. The van der Waals surface area contributed by atoms with Crippen LogP contribution in [0.15, 0.2) is 64.4 Å². The van der Waals surface area contributed by atoms with Gasteiger partial charge in [-0.05, 0) is 60.9 Å². The Hall–Kier alpha value is -3.37. The van der Waals surface area contributed by atoms with Crippen LogP contribution in [0.25, 0.3) is 0 Å². The first-order chi connectivity index (χ1) is 18.3. The topological polar surface area (TPSA) is 120 Å². The van der Waals surface area contributed by atoms with Crippen molar-refractivity contribution in [1.82, 2.24) is 9.88 Å². The summed E-state index contributed by atoms with van der Waals surface area (Å²) in [5, 5.41) is 13.6. The van der Waals surface area contributed by atoms with Gasteiger partial charge in [-0.3, -0.25) is 24.1 Å². The molecule has 7 rings (SSSR count). The number of para-hydroxylation sites is 1. The van der Waals surface area contributed by atoms with E-state index in [1.807, 2.05) is 30.3 Å². The van der Waals surface area contributed by atoms with Crippen LogP contribution in [0, 0.1) is 29.6 Å². The molecule has 3 aromatic rings. The fourth-order valence-electron chi connectivity index (χ4n) is 7.36. The molecule has 8 nitrogen and oxygen atoms in total. The molecule has 2 aliphatic carbocycles. The Kier molecular flexibility index (Phi) is 5.35. The molecular weight excluding hydrogens is 522 g/mol. The second kappa shape index (κ2) is 8.57.